The fraction of sp³-hybridized carbons (Fsp3) is 1.00. The molecule has 0 N–H and O–H groups in total. The molecule has 0 bridgehead atoms. The highest BCUT2D eigenvalue weighted by Crippen LogP contribution is 2.14. The molecular weight excluding hydrogens is 547 g/mol. The van der Waals surface area contributed by atoms with E-state index in [-0.39, 0.29) is 24.8 Å². The third-order valence-corrected chi connectivity index (χ3v) is 8.92. The van der Waals surface area contributed by atoms with Gasteiger partial charge in [-0.3, -0.25) is 0 Å². The molecule has 0 saturated carbocycles. The Morgan fingerprint density at radius 3 is 0.780 bits per heavy atom. The van der Waals surface area contributed by atoms with Gasteiger partial charge in [-0.05, 0) is 25.7 Å². The molecule has 0 fully saturated rings. The zero-order valence-electron chi connectivity index (χ0n) is 29.3. The van der Waals surface area contributed by atoms with Crippen molar-refractivity contribution in [1.29, 1.82) is 0 Å². The molecule has 0 aliphatic heterocycles. The molecule has 0 saturated heterocycles. The molecule has 252 valence electrons. The van der Waals surface area contributed by atoms with E-state index in [4.69, 9.17) is 4.74 Å². The summed E-state index contributed by atoms with van der Waals surface area (Å²) in [6, 6.07) is 0. The van der Waals surface area contributed by atoms with Gasteiger partial charge in [-0.2, -0.15) is 0 Å². The Balaban J connectivity index is -0.00000722. The van der Waals surface area contributed by atoms with Crippen LogP contribution in [0.2, 0.25) is 0 Å². The second kappa shape index (κ2) is 33.4. The lowest BCUT2D eigenvalue weighted by atomic mass is 10.1. The average molecular weight is 626 g/mol. The normalized spacial score (nSPS) is 11.9. The highest BCUT2D eigenvalue weighted by atomic mass is 35.5. The number of nitrogens with zero attached hydrogens (tertiary/aromatic N) is 2. The Kier molecular flexibility index (Phi) is 37.3. The molecule has 0 rings (SSSR count). The largest absolute Gasteiger partial charge is 1.00 e. The quantitative estimate of drug-likeness (QED) is 0.0787. The molecule has 0 unspecified atom stereocenters. The lowest BCUT2D eigenvalue weighted by molar-refractivity contribution is -0.894. The van der Waals surface area contributed by atoms with Gasteiger partial charge in [0, 0.05) is 0 Å². The van der Waals surface area contributed by atoms with E-state index in [9.17, 15) is 0 Å². The first kappa shape index (κ1) is 45.9. The van der Waals surface area contributed by atoms with Crippen molar-refractivity contribution in [3.63, 3.8) is 0 Å². The molecule has 0 atom stereocenters. The summed E-state index contributed by atoms with van der Waals surface area (Å²) in [4.78, 5) is 0. The minimum absolute atomic E-state index is 0. The third kappa shape index (κ3) is 36.6. The van der Waals surface area contributed by atoms with E-state index < -0.39 is 0 Å². The van der Waals surface area contributed by atoms with Crippen molar-refractivity contribution in [2.24, 2.45) is 0 Å². The van der Waals surface area contributed by atoms with Gasteiger partial charge in [0.15, 0.2) is 0 Å². The number of unbranched alkanes of at least 4 members (excludes halogenated alkanes) is 22. The molecule has 0 radical (unpaired) electrons. The van der Waals surface area contributed by atoms with E-state index in [0.29, 0.717) is 0 Å². The Morgan fingerprint density at radius 1 is 0.317 bits per heavy atom. The standard InChI is InChI=1S/C36H78N2O.2ClH/c1-7-9-11-13-15-17-19-21-23-25-27-29-31-37(3,4)33-35-39-36-34-38(5,6)32-30-28-26-24-22-20-18-16-14-12-10-8-2;;/h7-36H2,1-6H3;2*1H/q+2;;/p-2. The minimum Gasteiger partial charge on any atom is -1.00 e. The van der Waals surface area contributed by atoms with Crippen LogP contribution in [0, 0.1) is 0 Å². The SMILES string of the molecule is CCCCCCCCCCCCCC[N+](C)(C)CCOCC[N+](C)(C)CCCCCCCCCCCCCC.[Cl-].[Cl-]. The maximum absolute atomic E-state index is 6.10. The highest BCUT2D eigenvalue weighted by molar-refractivity contribution is 4.50. The predicted molar refractivity (Wildman–Crippen MR) is 177 cm³/mol. The van der Waals surface area contributed by atoms with Crippen LogP contribution in [0.15, 0.2) is 0 Å². The van der Waals surface area contributed by atoms with Crippen LogP contribution in [-0.2, 0) is 4.74 Å². The number of hydrogen-bond donors (Lipinski definition) is 0. The van der Waals surface area contributed by atoms with Gasteiger partial charge in [0.1, 0.15) is 13.1 Å². The molecule has 0 heterocycles. The molecule has 0 spiro atoms. The second-order valence-corrected chi connectivity index (χ2v) is 14.2. The van der Waals surface area contributed by atoms with Crippen LogP contribution in [0.5, 0.6) is 0 Å². The first-order chi connectivity index (χ1) is 18.8. The Morgan fingerprint density at radius 2 is 0.537 bits per heavy atom. The molecule has 0 aromatic heterocycles. The smallest absolute Gasteiger partial charge is 0.102 e. The molecule has 0 aromatic rings. The van der Waals surface area contributed by atoms with Crippen molar-refractivity contribution < 1.29 is 38.5 Å². The fourth-order valence-electron chi connectivity index (χ4n) is 5.71. The first-order valence-electron chi connectivity index (χ1n) is 18.0. The van der Waals surface area contributed by atoms with Gasteiger partial charge in [-0.25, -0.2) is 0 Å². The zero-order valence-corrected chi connectivity index (χ0v) is 30.8. The number of halogens is 2. The van der Waals surface area contributed by atoms with Crippen LogP contribution in [0.3, 0.4) is 0 Å². The number of rotatable bonds is 32. The van der Waals surface area contributed by atoms with Crippen molar-refractivity contribution in [3.8, 4) is 0 Å². The minimum atomic E-state index is 0. The molecule has 3 nitrogen and oxygen atoms in total. The maximum Gasteiger partial charge on any atom is 0.102 e. The second-order valence-electron chi connectivity index (χ2n) is 14.2. The number of hydrogen-bond acceptors (Lipinski definition) is 1. The summed E-state index contributed by atoms with van der Waals surface area (Å²) in [6.07, 6.45) is 34.4. The van der Waals surface area contributed by atoms with E-state index in [1.807, 2.05) is 0 Å². The maximum atomic E-state index is 6.10. The van der Waals surface area contributed by atoms with Gasteiger partial charge in [-0.15, -0.1) is 0 Å². The fourth-order valence-corrected chi connectivity index (χ4v) is 5.71. The molecular formula is C36H78Cl2N2O. The number of likely N-dealkylation sites (N-methyl/N-ethyl adjacent to an activating group) is 2. The number of quaternary nitrogens is 2. The van der Waals surface area contributed by atoms with Gasteiger partial charge in [0.25, 0.3) is 0 Å². The third-order valence-electron chi connectivity index (χ3n) is 8.92. The van der Waals surface area contributed by atoms with Crippen LogP contribution < -0.4 is 24.8 Å². The Bertz CT molecular complexity index is 446. The first-order valence-corrected chi connectivity index (χ1v) is 18.0. The highest BCUT2D eigenvalue weighted by Gasteiger charge is 2.16. The topological polar surface area (TPSA) is 9.23 Å². The van der Waals surface area contributed by atoms with Crippen molar-refractivity contribution >= 4 is 0 Å². The lowest BCUT2D eigenvalue weighted by Crippen LogP contribution is -3.00. The molecule has 41 heavy (non-hydrogen) atoms. The van der Waals surface area contributed by atoms with E-state index in [0.717, 1.165) is 35.3 Å². The van der Waals surface area contributed by atoms with E-state index >= 15 is 0 Å². The Hall–Kier alpha value is 0.460. The summed E-state index contributed by atoms with van der Waals surface area (Å²) in [7, 11) is 9.54. The predicted octanol–water partition coefficient (Wildman–Crippen LogP) is 4.57. The van der Waals surface area contributed by atoms with Crippen molar-refractivity contribution in [1.82, 2.24) is 0 Å². The molecule has 0 aromatic carbocycles. The molecule has 0 aliphatic rings. The van der Waals surface area contributed by atoms with Gasteiger partial charge in [0.05, 0.1) is 54.5 Å². The van der Waals surface area contributed by atoms with Crippen LogP contribution in [0.1, 0.15) is 168 Å². The summed E-state index contributed by atoms with van der Waals surface area (Å²) in [5.41, 5.74) is 0. The summed E-state index contributed by atoms with van der Waals surface area (Å²) >= 11 is 0. The summed E-state index contributed by atoms with van der Waals surface area (Å²) in [5, 5.41) is 0. The lowest BCUT2D eigenvalue weighted by Gasteiger charge is -2.31. The molecule has 0 amide bonds. The monoisotopic (exact) mass is 625 g/mol. The van der Waals surface area contributed by atoms with Crippen LogP contribution >= 0.6 is 0 Å². The van der Waals surface area contributed by atoms with Gasteiger partial charge in [-0.1, -0.05) is 142 Å². The van der Waals surface area contributed by atoms with E-state index in [2.05, 4.69) is 42.0 Å². The van der Waals surface area contributed by atoms with Gasteiger partial charge < -0.3 is 38.5 Å². The summed E-state index contributed by atoms with van der Waals surface area (Å²) < 4.78 is 8.31. The van der Waals surface area contributed by atoms with Crippen LogP contribution in [0.4, 0.5) is 0 Å². The van der Waals surface area contributed by atoms with Crippen molar-refractivity contribution in [2.45, 2.75) is 168 Å². The Labute approximate surface area is 273 Å². The van der Waals surface area contributed by atoms with E-state index in [1.54, 1.807) is 0 Å². The van der Waals surface area contributed by atoms with E-state index in [1.165, 1.54) is 167 Å². The number of ether oxygens (including phenoxy) is 1. The average Bonchev–Trinajstić information content (AvgIpc) is 2.89. The zero-order chi connectivity index (χ0) is 28.9. The van der Waals surface area contributed by atoms with Crippen molar-refractivity contribution in [3.05, 3.63) is 0 Å². The molecule has 5 heteroatoms. The van der Waals surface area contributed by atoms with Gasteiger partial charge in [0.2, 0.25) is 0 Å². The van der Waals surface area contributed by atoms with Crippen LogP contribution in [-0.4, -0.2) is 76.5 Å². The van der Waals surface area contributed by atoms with Crippen LogP contribution in [0.25, 0.3) is 0 Å². The summed E-state index contributed by atoms with van der Waals surface area (Å²) in [5.74, 6) is 0. The summed E-state index contributed by atoms with van der Waals surface area (Å²) in [6.45, 7) is 11.3. The molecule has 0 aliphatic carbocycles. The van der Waals surface area contributed by atoms with Crippen molar-refractivity contribution in [2.75, 3.05) is 67.6 Å². The van der Waals surface area contributed by atoms with Gasteiger partial charge >= 0.3 is 0 Å².